The van der Waals surface area contributed by atoms with Crippen molar-refractivity contribution in [3.8, 4) is 0 Å². The van der Waals surface area contributed by atoms with Gasteiger partial charge in [-0.3, -0.25) is 0 Å². The molecule has 0 aliphatic rings. The minimum atomic E-state index is 0.663. The molecule has 0 radical (unpaired) electrons. The lowest BCUT2D eigenvalue weighted by atomic mass is 10.2. The summed E-state index contributed by atoms with van der Waals surface area (Å²) in [5, 5.41) is 3.39. The van der Waals surface area contributed by atoms with Crippen molar-refractivity contribution in [1.82, 2.24) is 5.32 Å². The van der Waals surface area contributed by atoms with E-state index in [2.05, 4.69) is 48.5 Å². The van der Waals surface area contributed by atoms with Crippen LogP contribution in [0.5, 0.6) is 0 Å². The molecule has 1 rings (SSSR count). The molecule has 0 aliphatic heterocycles. The van der Waals surface area contributed by atoms with Gasteiger partial charge in [0.15, 0.2) is 0 Å². The Balaban J connectivity index is 2.47. The lowest BCUT2D eigenvalue weighted by molar-refractivity contribution is 0.675. The molecule has 90 valence electrons. The van der Waals surface area contributed by atoms with Crippen molar-refractivity contribution < 1.29 is 0 Å². The van der Waals surface area contributed by atoms with Gasteiger partial charge in [-0.05, 0) is 30.7 Å². The van der Waals surface area contributed by atoms with E-state index < -0.39 is 0 Å². The average molecular weight is 241 g/mol. The number of nitrogens with zero attached hydrogens (tertiary/aromatic N) is 1. The fourth-order valence-corrected chi connectivity index (χ4v) is 1.79. The maximum absolute atomic E-state index is 5.71. The Bertz CT molecular complexity index is 284. The first-order valence-electron chi connectivity index (χ1n) is 5.84. The van der Waals surface area contributed by atoms with Crippen LogP contribution in [0.2, 0.25) is 0 Å². The van der Waals surface area contributed by atoms with E-state index in [1.54, 1.807) is 0 Å². The number of benzene rings is 1. The number of nitrogens with one attached hydrogen (secondary N) is 1. The predicted octanol–water partition coefficient (Wildman–Crippen LogP) is 2.86. The third-order valence-electron chi connectivity index (χ3n) is 2.55. The quantitative estimate of drug-likeness (QED) is 0.583. The van der Waals surface area contributed by atoms with E-state index in [0.717, 1.165) is 19.6 Å². The zero-order valence-corrected chi connectivity index (χ0v) is 10.9. The molecular formula is C13H21ClN2. The van der Waals surface area contributed by atoms with Crippen LogP contribution in [0.4, 0.5) is 5.69 Å². The summed E-state index contributed by atoms with van der Waals surface area (Å²) in [5.74, 6) is 0.663. The molecule has 1 aromatic rings. The highest BCUT2D eigenvalue weighted by Gasteiger charge is 1.99. The third kappa shape index (κ3) is 4.42. The first-order chi connectivity index (χ1) is 7.77. The molecule has 0 spiro atoms. The molecule has 1 aromatic carbocycles. The van der Waals surface area contributed by atoms with E-state index in [0.29, 0.717) is 5.88 Å². The first kappa shape index (κ1) is 13.3. The van der Waals surface area contributed by atoms with Crippen LogP contribution in [0.3, 0.4) is 0 Å². The third-order valence-corrected chi connectivity index (χ3v) is 2.72. The van der Waals surface area contributed by atoms with E-state index in [1.165, 1.54) is 17.7 Å². The van der Waals surface area contributed by atoms with Crippen molar-refractivity contribution in [2.24, 2.45) is 0 Å². The van der Waals surface area contributed by atoms with E-state index in [4.69, 9.17) is 11.6 Å². The van der Waals surface area contributed by atoms with Gasteiger partial charge in [-0.15, -0.1) is 11.6 Å². The van der Waals surface area contributed by atoms with Crippen molar-refractivity contribution in [3.05, 3.63) is 29.8 Å². The summed E-state index contributed by atoms with van der Waals surface area (Å²) < 4.78 is 0. The second-order valence-electron chi connectivity index (χ2n) is 3.95. The normalized spacial score (nSPS) is 10.4. The molecule has 0 fully saturated rings. The van der Waals surface area contributed by atoms with Crippen LogP contribution in [0.1, 0.15) is 18.9 Å². The molecule has 0 amide bonds. The molecule has 0 aromatic heterocycles. The summed E-state index contributed by atoms with van der Waals surface area (Å²) >= 11 is 5.71. The smallest absolute Gasteiger partial charge is 0.0399 e. The Hall–Kier alpha value is -0.730. The largest absolute Gasteiger partial charge is 0.373 e. The highest BCUT2D eigenvalue weighted by molar-refractivity contribution is 6.18. The van der Waals surface area contributed by atoms with Crippen molar-refractivity contribution in [2.75, 3.05) is 30.9 Å². The van der Waals surface area contributed by atoms with E-state index in [-0.39, 0.29) is 0 Å². The number of anilines is 1. The van der Waals surface area contributed by atoms with Crippen molar-refractivity contribution in [1.29, 1.82) is 0 Å². The Morgan fingerprint density at radius 2 is 1.94 bits per heavy atom. The molecule has 0 saturated heterocycles. The molecule has 0 saturated carbocycles. The Morgan fingerprint density at radius 3 is 2.50 bits per heavy atom. The van der Waals surface area contributed by atoms with Crippen molar-refractivity contribution in [2.45, 2.75) is 19.9 Å². The minimum absolute atomic E-state index is 0.663. The highest BCUT2D eigenvalue weighted by atomic mass is 35.5. The van der Waals surface area contributed by atoms with E-state index >= 15 is 0 Å². The van der Waals surface area contributed by atoms with Gasteiger partial charge in [0, 0.05) is 31.7 Å². The van der Waals surface area contributed by atoms with Crippen molar-refractivity contribution in [3.63, 3.8) is 0 Å². The molecule has 2 nitrogen and oxygen atoms in total. The number of halogens is 1. The number of hydrogen-bond donors (Lipinski definition) is 1. The van der Waals surface area contributed by atoms with Gasteiger partial charge in [0.05, 0.1) is 0 Å². The Kier molecular flexibility index (Phi) is 6.27. The van der Waals surface area contributed by atoms with Crippen LogP contribution < -0.4 is 10.2 Å². The van der Waals surface area contributed by atoms with Gasteiger partial charge in [-0.2, -0.15) is 0 Å². The van der Waals surface area contributed by atoms with Gasteiger partial charge in [0.25, 0.3) is 0 Å². The molecule has 1 N–H and O–H groups in total. The molecule has 0 bridgehead atoms. The van der Waals surface area contributed by atoms with Gasteiger partial charge in [0.2, 0.25) is 0 Å². The topological polar surface area (TPSA) is 15.3 Å². The molecule has 16 heavy (non-hydrogen) atoms. The first-order valence-corrected chi connectivity index (χ1v) is 6.38. The summed E-state index contributed by atoms with van der Waals surface area (Å²) in [5.41, 5.74) is 2.55. The molecule has 0 atom stereocenters. The summed E-state index contributed by atoms with van der Waals surface area (Å²) in [7, 11) is 2.06. The van der Waals surface area contributed by atoms with E-state index in [9.17, 15) is 0 Å². The van der Waals surface area contributed by atoms with Gasteiger partial charge >= 0.3 is 0 Å². The second kappa shape index (κ2) is 7.53. The number of hydrogen-bond acceptors (Lipinski definition) is 2. The van der Waals surface area contributed by atoms with E-state index in [1.807, 2.05) is 0 Å². The van der Waals surface area contributed by atoms with Crippen LogP contribution in [0, 0.1) is 0 Å². The Morgan fingerprint density at radius 1 is 1.25 bits per heavy atom. The van der Waals surface area contributed by atoms with Gasteiger partial charge in [0.1, 0.15) is 0 Å². The summed E-state index contributed by atoms with van der Waals surface area (Å²) in [6, 6.07) is 8.64. The molecule has 3 heteroatoms. The predicted molar refractivity (Wildman–Crippen MR) is 72.4 cm³/mol. The molecular weight excluding hydrogens is 220 g/mol. The number of alkyl halides is 1. The molecule has 0 unspecified atom stereocenters. The van der Waals surface area contributed by atoms with Gasteiger partial charge in [-0.25, -0.2) is 0 Å². The maximum Gasteiger partial charge on any atom is 0.0399 e. The molecule has 0 heterocycles. The summed E-state index contributed by atoms with van der Waals surface area (Å²) in [6.07, 6.45) is 1.18. The Labute approximate surface area is 104 Å². The second-order valence-corrected chi connectivity index (χ2v) is 4.33. The van der Waals surface area contributed by atoms with Crippen LogP contribution in [-0.4, -0.2) is 26.0 Å². The standard InChI is InChI=1S/C13H21ClN2/c1-3-9-15-11-12-4-6-13(7-5-12)16(2)10-8-14/h4-7,15H,3,8-11H2,1-2H3. The monoisotopic (exact) mass is 240 g/mol. The SMILES string of the molecule is CCCNCc1ccc(N(C)CCCl)cc1. The summed E-state index contributed by atoms with van der Waals surface area (Å²) in [4.78, 5) is 2.16. The molecule has 0 aliphatic carbocycles. The van der Waals surface area contributed by atoms with Crippen molar-refractivity contribution >= 4 is 17.3 Å². The fraction of sp³-hybridized carbons (Fsp3) is 0.538. The lowest BCUT2D eigenvalue weighted by Crippen LogP contribution is -2.19. The van der Waals surface area contributed by atoms with Gasteiger partial charge < -0.3 is 10.2 Å². The zero-order valence-electron chi connectivity index (χ0n) is 10.2. The maximum atomic E-state index is 5.71. The summed E-state index contributed by atoms with van der Waals surface area (Å²) in [6.45, 7) is 5.09. The zero-order chi connectivity index (χ0) is 11.8. The van der Waals surface area contributed by atoms with Crippen LogP contribution in [-0.2, 0) is 6.54 Å². The minimum Gasteiger partial charge on any atom is -0.373 e. The highest BCUT2D eigenvalue weighted by Crippen LogP contribution is 2.13. The van der Waals surface area contributed by atoms with Crippen LogP contribution in [0.25, 0.3) is 0 Å². The average Bonchev–Trinajstić information content (AvgIpc) is 2.30. The van der Waals surface area contributed by atoms with Crippen LogP contribution in [0.15, 0.2) is 24.3 Å². The van der Waals surface area contributed by atoms with Gasteiger partial charge in [-0.1, -0.05) is 19.1 Å². The lowest BCUT2D eigenvalue weighted by Gasteiger charge is -2.18. The fourth-order valence-electron chi connectivity index (χ4n) is 1.53. The number of rotatable bonds is 7. The van der Waals surface area contributed by atoms with Crippen LogP contribution >= 0.6 is 11.6 Å².